The zero-order valence-electron chi connectivity index (χ0n) is 15.6. The van der Waals surface area contributed by atoms with Crippen LogP contribution >= 0.6 is 0 Å². The van der Waals surface area contributed by atoms with Gasteiger partial charge in [-0.2, -0.15) is 5.10 Å². The Balaban J connectivity index is 1.54. The van der Waals surface area contributed by atoms with E-state index in [-0.39, 0.29) is 23.7 Å². The summed E-state index contributed by atoms with van der Waals surface area (Å²) in [5, 5.41) is 25.5. The van der Waals surface area contributed by atoms with E-state index in [1.807, 2.05) is 0 Å². The largest absolute Gasteiger partial charge is 0.477 e. The fourth-order valence-electron chi connectivity index (χ4n) is 5.25. The van der Waals surface area contributed by atoms with Gasteiger partial charge in [0, 0.05) is 24.7 Å². The molecule has 1 aromatic heterocycles. The predicted molar refractivity (Wildman–Crippen MR) is 97.1 cm³/mol. The number of rotatable bonds is 4. The van der Waals surface area contributed by atoms with Gasteiger partial charge in [0.05, 0.1) is 12.3 Å². The van der Waals surface area contributed by atoms with Gasteiger partial charge in [-0.05, 0) is 57.9 Å². The molecule has 1 atom stereocenters. The number of aliphatic hydroxyl groups is 1. The molecule has 148 valence electrons. The van der Waals surface area contributed by atoms with Crippen LogP contribution in [-0.2, 0) is 11.3 Å². The van der Waals surface area contributed by atoms with Gasteiger partial charge in [0.15, 0.2) is 0 Å². The summed E-state index contributed by atoms with van der Waals surface area (Å²) in [6.07, 6.45) is 8.18. The first-order valence-electron chi connectivity index (χ1n) is 10.0. The lowest BCUT2D eigenvalue weighted by Gasteiger charge is -2.48. The van der Waals surface area contributed by atoms with Crippen LogP contribution in [0.1, 0.15) is 67.4 Å². The summed E-state index contributed by atoms with van der Waals surface area (Å²) in [4.78, 5) is 29.2. The van der Waals surface area contributed by atoms with E-state index in [1.54, 1.807) is 6.20 Å². The molecule has 0 aromatic carbocycles. The number of carbonyl (C=O) groups is 2. The smallest absolute Gasteiger partial charge is 0.354 e. The molecule has 2 saturated heterocycles. The lowest BCUT2D eigenvalue weighted by atomic mass is 9.82. The number of carbonyl (C=O) groups excluding carboxylic acids is 1. The molecule has 8 nitrogen and oxygen atoms in total. The minimum absolute atomic E-state index is 0.110. The van der Waals surface area contributed by atoms with Crippen LogP contribution < -0.4 is 0 Å². The molecule has 0 bridgehead atoms. The summed E-state index contributed by atoms with van der Waals surface area (Å²) in [5.74, 6) is -0.818. The number of carboxylic acid groups (broad SMARTS) is 1. The standard InChI is InChI=1S/C19H28N4O4/c24-15-5-3-14(4-6-15)23-10-2-8-19(18(23)27)7-1-9-22(19)12-13-11-20-21-16(13)17(25)26/h11,14-15,24H,1-10,12H2,(H,20,21)(H,25,26). The van der Waals surface area contributed by atoms with Crippen molar-refractivity contribution in [2.24, 2.45) is 0 Å². The van der Waals surface area contributed by atoms with Crippen LogP contribution in [0.2, 0.25) is 0 Å². The summed E-state index contributed by atoms with van der Waals surface area (Å²) < 4.78 is 0. The maximum absolute atomic E-state index is 13.6. The minimum atomic E-state index is -1.02. The van der Waals surface area contributed by atoms with Crippen molar-refractivity contribution in [3.05, 3.63) is 17.5 Å². The Labute approximate surface area is 158 Å². The van der Waals surface area contributed by atoms with Crippen molar-refractivity contribution in [1.82, 2.24) is 20.0 Å². The minimum Gasteiger partial charge on any atom is -0.477 e. The van der Waals surface area contributed by atoms with Crippen molar-refractivity contribution in [2.75, 3.05) is 13.1 Å². The Bertz CT molecular complexity index is 712. The third-order valence-electron chi connectivity index (χ3n) is 6.67. The van der Waals surface area contributed by atoms with Crippen LogP contribution in [0.25, 0.3) is 0 Å². The van der Waals surface area contributed by atoms with Crippen molar-refractivity contribution in [1.29, 1.82) is 0 Å². The van der Waals surface area contributed by atoms with Gasteiger partial charge in [0.2, 0.25) is 5.91 Å². The van der Waals surface area contributed by atoms with Crippen LogP contribution in [0, 0.1) is 0 Å². The summed E-state index contributed by atoms with van der Waals surface area (Å²) in [7, 11) is 0. The number of aromatic nitrogens is 2. The Kier molecular flexibility index (Phi) is 4.94. The number of aromatic carboxylic acids is 1. The maximum atomic E-state index is 13.6. The van der Waals surface area contributed by atoms with E-state index in [9.17, 15) is 19.8 Å². The summed E-state index contributed by atoms with van der Waals surface area (Å²) in [5.41, 5.74) is 0.231. The van der Waals surface area contributed by atoms with Crippen LogP contribution in [0.5, 0.6) is 0 Å². The van der Waals surface area contributed by atoms with Gasteiger partial charge in [-0.25, -0.2) is 4.79 Å². The number of H-pyrrole nitrogens is 1. The lowest BCUT2D eigenvalue weighted by molar-refractivity contribution is -0.152. The topological polar surface area (TPSA) is 110 Å². The molecule has 3 N–H and O–H groups in total. The highest BCUT2D eigenvalue weighted by molar-refractivity contribution is 5.88. The third kappa shape index (κ3) is 3.25. The molecule has 4 rings (SSSR count). The molecule has 8 heteroatoms. The van der Waals surface area contributed by atoms with Gasteiger partial charge in [0.25, 0.3) is 0 Å². The Morgan fingerprint density at radius 3 is 2.63 bits per heavy atom. The molecule has 2 aliphatic heterocycles. The molecule has 1 amide bonds. The monoisotopic (exact) mass is 376 g/mol. The number of hydrogen-bond donors (Lipinski definition) is 3. The fraction of sp³-hybridized carbons (Fsp3) is 0.737. The maximum Gasteiger partial charge on any atom is 0.354 e. The average molecular weight is 376 g/mol. The predicted octanol–water partition coefficient (Wildman–Crippen LogP) is 1.37. The number of nitrogens with one attached hydrogen (secondary N) is 1. The second kappa shape index (κ2) is 7.24. The average Bonchev–Trinajstić information content (AvgIpc) is 3.27. The molecule has 1 spiro atoms. The van der Waals surface area contributed by atoms with Gasteiger partial charge < -0.3 is 15.1 Å². The number of amides is 1. The quantitative estimate of drug-likeness (QED) is 0.732. The fourth-order valence-corrected chi connectivity index (χ4v) is 5.25. The van der Waals surface area contributed by atoms with Gasteiger partial charge in [-0.1, -0.05) is 0 Å². The zero-order chi connectivity index (χ0) is 19.0. The molecule has 27 heavy (non-hydrogen) atoms. The number of likely N-dealkylation sites (tertiary alicyclic amines) is 2. The van der Waals surface area contributed by atoms with Crippen molar-refractivity contribution in [3.63, 3.8) is 0 Å². The SMILES string of the molecule is O=C(O)c1[nH]ncc1CN1CCCC12CCCN(C1CCC(O)CC1)C2=O. The van der Waals surface area contributed by atoms with E-state index in [2.05, 4.69) is 20.0 Å². The highest BCUT2D eigenvalue weighted by atomic mass is 16.4. The first-order valence-corrected chi connectivity index (χ1v) is 10.0. The number of aromatic amines is 1. The van der Waals surface area contributed by atoms with Crippen LogP contribution in [0.15, 0.2) is 6.20 Å². The van der Waals surface area contributed by atoms with E-state index in [0.29, 0.717) is 12.1 Å². The molecular formula is C19H28N4O4. The third-order valence-corrected chi connectivity index (χ3v) is 6.67. The van der Waals surface area contributed by atoms with E-state index in [4.69, 9.17) is 0 Å². The first kappa shape index (κ1) is 18.4. The van der Waals surface area contributed by atoms with Crippen molar-refractivity contribution >= 4 is 11.9 Å². The molecule has 1 unspecified atom stereocenters. The van der Waals surface area contributed by atoms with Gasteiger partial charge >= 0.3 is 5.97 Å². The lowest BCUT2D eigenvalue weighted by Crippen LogP contribution is -2.62. The zero-order valence-corrected chi connectivity index (χ0v) is 15.6. The molecule has 1 aromatic rings. The summed E-state index contributed by atoms with van der Waals surface area (Å²) in [6.45, 7) is 2.02. The van der Waals surface area contributed by atoms with Gasteiger partial charge in [-0.3, -0.25) is 14.8 Å². The van der Waals surface area contributed by atoms with E-state index in [0.717, 1.165) is 64.5 Å². The highest BCUT2D eigenvalue weighted by Gasteiger charge is 2.52. The van der Waals surface area contributed by atoms with Crippen LogP contribution in [0.4, 0.5) is 0 Å². The Morgan fingerprint density at radius 2 is 1.93 bits per heavy atom. The molecular weight excluding hydrogens is 348 g/mol. The second-order valence-electron chi connectivity index (χ2n) is 8.20. The van der Waals surface area contributed by atoms with Crippen molar-refractivity contribution in [2.45, 2.75) is 75.6 Å². The van der Waals surface area contributed by atoms with Crippen LogP contribution in [-0.4, -0.2) is 72.9 Å². The number of piperidine rings is 1. The highest BCUT2D eigenvalue weighted by Crippen LogP contribution is 2.41. The second-order valence-corrected chi connectivity index (χ2v) is 8.20. The molecule has 3 fully saturated rings. The van der Waals surface area contributed by atoms with Gasteiger partial charge in [-0.15, -0.1) is 0 Å². The normalized spacial score (nSPS) is 32.3. The number of nitrogens with zero attached hydrogens (tertiary/aromatic N) is 3. The van der Waals surface area contributed by atoms with Crippen molar-refractivity contribution < 1.29 is 19.8 Å². The molecule has 3 heterocycles. The molecule has 3 aliphatic rings. The Morgan fingerprint density at radius 1 is 1.22 bits per heavy atom. The molecule has 1 saturated carbocycles. The number of carboxylic acids is 1. The number of aliphatic hydroxyl groups excluding tert-OH is 1. The van der Waals surface area contributed by atoms with Gasteiger partial charge in [0.1, 0.15) is 11.2 Å². The van der Waals surface area contributed by atoms with Crippen molar-refractivity contribution in [3.8, 4) is 0 Å². The summed E-state index contributed by atoms with van der Waals surface area (Å²) >= 11 is 0. The Hall–Kier alpha value is -1.93. The molecule has 1 aliphatic carbocycles. The number of hydrogen-bond acceptors (Lipinski definition) is 5. The summed E-state index contributed by atoms with van der Waals surface area (Å²) in [6, 6.07) is 0.226. The van der Waals surface area contributed by atoms with E-state index in [1.165, 1.54) is 0 Å². The van der Waals surface area contributed by atoms with Crippen LogP contribution in [0.3, 0.4) is 0 Å². The van der Waals surface area contributed by atoms with E-state index >= 15 is 0 Å². The van der Waals surface area contributed by atoms with E-state index < -0.39 is 11.5 Å². The molecule has 0 radical (unpaired) electrons. The first-order chi connectivity index (χ1) is 13.0.